The SMILES string of the molecule is CC(C)(C)OC(=O)NCCCC[C@H](NC(=O)OCC1c2ccccc2-c2ccccc21)C(=O)OCC[N+](C)(C)C.[I-]. The first-order chi connectivity index (χ1) is 18.8. The van der Waals surface area contributed by atoms with Crippen molar-refractivity contribution in [2.24, 2.45) is 0 Å². The number of alkyl carbamates (subject to hydrolysis) is 2. The van der Waals surface area contributed by atoms with Gasteiger partial charge in [-0.2, -0.15) is 0 Å². The van der Waals surface area contributed by atoms with Crippen molar-refractivity contribution in [3.05, 3.63) is 59.7 Å². The van der Waals surface area contributed by atoms with E-state index in [1.807, 2.05) is 45.4 Å². The molecule has 2 N–H and O–H groups in total. The van der Waals surface area contributed by atoms with E-state index in [4.69, 9.17) is 14.2 Å². The summed E-state index contributed by atoms with van der Waals surface area (Å²) in [5.41, 5.74) is 3.95. The number of esters is 1. The Kier molecular flexibility index (Phi) is 12.9. The van der Waals surface area contributed by atoms with E-state index in [2.05, 4.69) is 34.9 Å². The molecule has 2 aromatic carbocycles. The van der Waals surface area contributed by atoms with Gasteiger partial charge >= 0.3 is 18.2 Å². The Balaban J connectivity index is 0.00000588. The lowest BCUT2D eigenvalue weighted by Gasteiger charge is -2.24. The average Bonchev–Trinajstić information content (AvgIpc) is 3.18. The Bertz CT molecular complexity index is 1130. The number of carbonyl (C=O) groups excluding carboxylic acids is 3. The zero-order valence-corrected chi connectivity index (χ0v) is 27.2. The van der Waals surface area contributed by atoms with Gasteiger partial charge in [0.2, 0.25) is 0 Å². The average molecular weight is 682 g/mol. The van der Waals surface area contributed by atoms with Crippen LogP contribution in [-0.4, -0.2) is 81.7 Å². The molecule has 2 aromatic rings. The van der Waals surface area contributed by atoms with Crippen molar-refractivity contribution in [2.75, 3.05) is 47.4 Å². The summed E-state index contributed by atoms with van der Waals surface area (Å²) < 4.78 is 17.0. The first-order valence-electron chi connectivity index (χ1n) is 13.9. The van der Waals surface area contributed by atoms with Crippen molar-refractivity contribution >= 4 is 18.2 Å². The molecule has 9 nitrogen and oxygen atoms in total. The van der Waals surface area contributed by atoms with Crippen molar-refractivity contribution in [3.63, 3.8) is 0 Å². The molecule has 0 saturated heterocycles. The predicted molar refractivity (Wildman–Crippen MR) is 154 cm³/mol. The topological polar surface area (TPSA) is 103 Å². The third-order valence-corrected chi connectivity index (χ3v) is 6.51. The summed E-state index contributed by atoms with van der Waals surface area (Å²) in [6.45, 7) is 6.84. The van der Waals surface area contributed by atoms with E-state index < -0.39 is 29.8 Å². The van der Waals surface area contributed by atoms with Gasteiger partial charge in [0.15, 0.2) is 0 Å². The molecule has 0 fully saturated rings. The molecule has 3 rings (SSSR count). The van der Waals surface area contributed by atoms with E-state index in [1.54, 1.807) is 20.8 Å². The smallest absolute Gasteiger partial charge is 0.407 e. The fourth-order valence-corrected chi connectivity index (χ4v) is 4.53. The van der Waals surface area contributed by atoms with Crippen LogP contribution in [0.15, 0.2) is 48.5 Å². The highest BCUT2D eigenvalue weighted by Crippen LogP contribution is 2.44. The van der Waals surface area contributed by atoms with Crippen molar-refractivity contribution in [3.8, 4) is 11.1 Å². The lowest BCUT2D eigenvalue weighted by molar-refractivity contribution is -0.870. The molecule has 226 valence electrons. The van der Waals surface area contributed by atoms with Gasteiger partial charge in [0.1, 0.15) is 31.4 Å². The lowest BCUT2D eigenvalue weighted by Crippen LogP contribution is -3.00. The Hall–Kier alpha value is -2.86. The largest absolute Gasteiger partial charge is 1.00 e. The number of halogens is 1. The summed E-state index contributed by atoms with van der Waals surface area (Å²) in [5, 5.41) is 5.42. The summed E-state index contributed by atoms with van der Waals surface area (Å²) in [6, 6.07) is 15.4. The van der Waals surface area contributed by atoms with Crippen LogP contribution >= 0.6 is 0 Å². The Morgan fingerprint density at radius 1 is 0.878 bits per heavy atom. The Morgan fingerprint density at radius 2 is 1.46 bits per heavy atom. The Morgan fingerprint density at radius 3 is 2.02 bits per heavy atom. The summed E-state index contributed by atoms with van der Waals surface area (Å²) in [5.74, 6) is -0.575. The second-order valence-electron chi connectivity index (χ2n) is 12.1. The maximum absolute atomic E-state index is 12.9. The van der Waals surface area contributed by atoms with E-state index in [9.17, 15) is 14.4 Å². The standard InChI is InChI=1S/C31H43N3O6.HI/c1-31(2,3)40-29(36)32-18-12-11-17-27(28(35)38-20-19-34(4,5)6)33-30(37)39-21-26-24-15-9-7-13-22(24)23-14-8-10-16-25(23)26;/h7-10,13-16,26-27H,11-12,17-21H2,1-6H3,(H-,32,33,36,37);1H/t27-;/m0./s1. The minimum atomic E-state index is -0.857. The van der Waals surface area contributed by atoms with Crippen molar-refractivity contribution < 1.29 is 57.1 Å². The van der Waals surface area contributed by atoms with Gasteiger partial charge in [0, 0.05) is 12.5 Å². The zero-order chi connectivity index (χ0) is 29.3. The number of rotatable bonds is 12. The number of amides is 2. The number of nitrogens with zero attached hydrogens (tertiary/aromatic N) is 1. The number of nitrogens with one attached hydrogen (secondary N) is 2. The first kappa shape index (κ1) is 34.3. The van der Waals surface area contributed by atoms with Gasteiger partial charge < -0.3 is 53.3 Å². The number of likely N-dealkylation sites (N-methyl/N-ethyl adjacent to an activating group) is 1. The van der Waals surface area contributed by atoms with Crippen LogP contribution in [0.4, 0.5) is 9.59 Å². The van der Waals surface area contributed by atoms with Crippen LogP contribution in [0.1, 0.15) is 57.1 Å². The second-order valence-corrected chi connectivity index (χ2v) is 12.1. The van der Waals surface area contributed by atoms with E-state index in [-0.39, 0.29) is 43.1 Å². The number of unbranched alkanes of at least 4 members (excludes halogenated alkanes) is 1. The molecule has 0 aliphatic heterocycles. The third kappa shape index (κ3) is 11.1. The van der Waals surface area contributed by atoms with E-state index in [1.165, 1.54) is 0 Å². The molecule has 1 aliphatic carbocycles. The summed E-state index contributed by atoms with van der Waals surface area (Å²) in [4.78, 5) is 37.6. The van der Waals surface area contributed by atoms with Crippen LogP contribution in [0.25, 0.3) is 11.1 Å². The molecule has 10 heteroatoms. The van der Waals surface area contributed by atoms with Gasteiger partial charge in [-0.1, -0.05) is 48.5 Å². The van der Waals surface area contributed by atoms with Crippen LogP contribution < -0.4 is 34.6 Å². The molecule has 2 amide bonds. The molecular weight excluding hydrogens is 637 g/mol. The predicted octanol–water partition coefficient (Wildman–Crippen LogP) is 1.84. The fraction of sp³-hybridized carbons (Fsp3) is 0.516. The minimum Gasteiger partial charge on any atom is -1.00 e. The summed E-state index contributed by atoms with van der Waals surface area (Å²) >= 11 is 0. The van der Waals surface area contributed by atoms with Gasteiger partial charge in [0.05, 0.1) is 21.1 Å². The van der Waals surface area contributed by atoms with Gasteiger partial charge in [-0.05, 0) is 62.3 Å². The van der Waals surface area contributed by atoms with E-state index in [0.29, 0.717) is 36.8 Å². The van der Waals surface area contributed by atoms with E-state index >= 15 is 0 Å². The quantitative estimate of drug-likeness (QED) is 0.117. The molecule has 0 spiro atoms. The number of fused-ring (bicyclic) bond motifs is 3. The number of benzene rings is 2. The van der Waals surface area contributed by atoms with Gasteiger partial charge in [-0.3, -0.25) is 0 Å². The van der Waals surface area contributed by atoms with Crippen molar-refractivity contribution in [2.45, 2.75) is 57.6 Å². The van der Waals surface area contributed by atoms with E-state index in [0.717, 1.165) is 22.3 Å². The van der Waals surface area contributed by atoms with Crippen LogP contribution in [0, 0.1) is 0 Å². The molecule has 1 atom stereocenters. The molecule has 0 heterocycles. The van der Waals surface area contributed by atoms with Crippen molar-refractivity contribution in [1.82, 2.24) is 10.6 Å². The maximum atomic E-state index is 12.9. The maximum Gasteiger partial charge on any atom is 0.407 e. The molecule has 0 aromatic heterocycles. The summed E-state index contributed by atoms with van der Waals surface area (Å²) in [6.07, 6.45) is 0.384. The third-order valence-electron chi connectivity index (χ3n) is 6.51. The molecule has 0 unspecified atom stereocenters. The molecule has 1 aliphatic rings. The zero-order valence-electron chi connectivity index (χ0n) is 25.0. The number of carbonyl (C=O) groups is 3. The highest BCUT2D eigenvalue weighted by molar-refractivity contribution is 5.82. The molecule has 0 radical (unpaired) electrons. The second kappa shape index (κ2) is 15.4. The number of hydrogen-bond acceptors (Lipinski definition) is 6. The van der Waals surface area contributed by atoms with Crippen LogP contribution in [0.3, 0.4) is 0 Å². The molecule has 0 saturated carbocycles. The highest BCUT2D eigenvalue weighted by Gasteiger charge is 2.30. The normalized spacial score (nSPS) is 13.2. The van der Waals surface area contributed by atoms with Crippen LogP contribution in [0.2, 0.25) is 0 Å². The number of hydrogen-bond donors (Lipinski definition) is 2. The fourth-order valence-electron chi connectivity index (χ4n) is 4.53. The lowest BCUT2D eigenvalue weighted by atomic mass is 9.98. The van der Waals surface area contributed by atoms with Crippen LogP contribution in [-0.2, 0) is 19.0 Å². The molecule has 41 heavy (non-hydrogen) atoms. The first-order valence-corrected chi connectivity index (χ1v) is 13.9. The van der Waals surface area contributed by atoms with Gasteiger partial charge in [0.25, 0.3) is 0 Å². The summed E-state index contributed by atoms with van der Waals surface area (Å²) in [7, 11) is 6.04. The number of quaternary nitrogens is 1. The van der Waals surface area contributed by atoms with Crippen LogP contribution in [0.5, 0.6) is 0 Å². The van der Waals surface area contributed by atoms with Crippen molar-refractivity contribution in [1.29, 1.82) is 0 Å². The highest BCUT2D eigenvalue weighted by atomic mass is 127. The Labute approximate surface area is 260 Å². The number of ether oxygens (including phenoxy) is 3. The monoisotopic (exact) mass is 681 g/mol. The molecule has 0 bridgehead atoms. The minimum absolute atomic E-state index is 0. The van der Waals surface area contributed by atoms with Gasteiger partial charge in [-0.25, -0.2) is 14.4 Å². The van der Waals surface area contributed by atoms with Gasteiger partial charge in [-0.15, -0.1) is 0 Å². The molecular formula is C31H44IN3O6.